The first-order valence-corrected chi connectivity index (χ1v) is 19.9. The number of nitrogens with one attached hydrogen (secondary N) is 6. The normalized spacial score (nSPS) is 16.6. The topological polar surface area (TPSA) is 87.9 Å². The number of benzene rings is 8. The van der Waals surface area contributed by atoms with Crippen LogP contribution in [0, 0.1) is 0 Å². The standard InChI is InChI=1S/C50H38N8/c1-57-47-39-23-31-15-7-8-16-32(31)24-40(39)48(57)54-44-36-20-28-12-4-6-14-30(28)22-38(36)46(52-44)56-50-42-26-34-18-10-9-17-33(34)25-41(42)49(58(50)2)55-45-37-21-29-13-5-3-11-27(29)19-35(37)43(51-45)53-47/h3-26,47-48,51-56H,1-2H3. The van der Waals surface area contributed by atoms with Gasteiger partial charge in [0, 0.05) is 39.4 Å². The van der Waals surface area contributed by atoms with Crippen LogP contribution in [0.5, 0.6) is 0 Å². The lowest BCUT2D eigenvalue weighted by Gasteiger charge is -2.28. The number of nitrogens with zero attached hydrogens (tertiary/aromatic N) is 2. The third-order valence-corrected chi connectivity index (χ3v) is 12.8. The maximum atomic E-state index is 4.05. The Morgan fingerprint density at radius 2 is 0.655 bits per heavy atom. The van der Waals surface area contributed by atoms with E-state index < -0.39 is 0 Å². The Bertz CT molecular complexity index is 3300. The molecule has 0 spiro atoms. The SMILES string of the molecule is CN1C2Nc3[nH]c(c4cc5ccccc5cc34)Nc3c4cc5ccccc5cc4c(n3C)Nc3[nH]c(c4cc5ccccc5cc34)NC1c1cc3ccccc3cc12. The summed E-state index contributed by atoms with van der Waals surface area (Å²) in [6, 6.07) is 53.1. The van der Waals surface area contributed by atoms with Crippen molar-refractivity contribution in [1.29, 1.82) is 0 Å². The maximum absolute atomic E-state index is 4.05. The molecule has 5 heterocycles. The number of hydrogen-bond donors (Lipinski definition) is 6. The van der Waals surface area contributed by atoms with E-state index in [9.17, 15) is 0 Å². The van der Waals surface area contributed by atoms with E-state index in [0.29, 0.717) is 0 Å². The molecule has 13 rings (SSSR count). The number of aromatic nitrogens is 3. The Morgan fingerprint density at radius 3 is 1.00 bits per heavy atom. The molecule has 11 aromatic rings. The van der Waals surface area contributed by atoms with Crippen molar-refractivity contribution in [3.8, 4) is 0 Å². The Hall–Kier alpha value is -7.42. The van der Waals surface area contributed by atoms with Gasteiger partial charge in [0.25, 0.3) is 0 Å². The van der Waals surface area contributed by atoms with Crippen LogP contribution in [0.2, 0.25) is 0 Å². The molecule has 8 heteroatoms. The molecule has 2 atom stereocenters. The summed E-state index contributed by atoms with van der Waals surface area (Å²) in [7, 11) is 4.36. The molecule has 8 aromatic carbocycles. The number of H-pyrrole nitrogens is 2. The lowest BCUT2D eigenvalue weighted by atomic mass is 10.0. The molecule has 58 heavy (non-hydrogen) atoms. The summed E-state index contributed by atoms with van der Waals surface area (Å²) in [5, 5.41) is 32.4. The van der Waals surface area contributed by atoms with Crippen molar-refractivity contribution in [1.82, 2.24) is 19.4 Å². The van der Waals surface area contributed by atoms with Crippen molar-refractivity contribution in [2.24, 2.45) is 7.05 Å². The Balaban J connectivity index is 1.11. The second kappa shape index (κ2) is 11.6. The van der Waals surface area contributed by atoms with Gasteiger partial charge in [0.2, 0.25) is 0 Å². The monoisotopic (exact) mass is 750 g/mol. The maximum Gasteiger partial charge on any atom is 0.120 e. The van der Waals surface area contributed by atoms with Gasteiger partial charge >= 0.3 is 0 Å². The summed E-state index contributed by atoms with van der Waals surface area (Å²) in [6.07, 6.45) is -0.278. The van der Waals surface area contributed by atoms with Crippen molar-refractivity contribution < 1.29 is 0 Å². The first-order chi connectivity index (χ1) is 28.5. The molecule has 0 saturated carbocycles. The van der Waals surface area contributed by atoms with Gasteiger partial charge in [-0.05, 0) is 110 Å². The van der Waals surface area contributed by atoms with E-state index in [1.807, 2.05) is 0 Å². The molecule has 0 radical (unpaired) electrons. The van der Waals surface area contributed by atoms with Gasteiger partial charge in [-0.3, -0.25) is 4.90 Å². The second-order valence-corrected chi connectivity index (χ2v) is 16.1. The minimum absolute atomic E-state index is 0.139. The highest BCUT2D eigenvalue weighted by Crippen LogP contribution is 2.48. The summed E-state index contributed by atoms with van der Waals surface area (Å²) in [5.74, 6) is 5.79. The predicted molar refractivity (Wildman–Crippen MR) is 243 cm³/mol. The Labute approximate surface area is 333 Å². The van der Waals surface area contributed by atoms with Crippen LogP contribution in [-0.4, -0.2) is 26.5 Å². The zero-order valence-electron chi connectivity index (χ0n) is 31.9. The molecule has 0 aliphatic carbocycles. The van der Waals surface area contributed by atoms with Crippen LogP contribution in [0.4, 0.5) is 34.9 Å². The summed E-state index contributed by atoms with van der Waals surface area (Å²) >= 11 is 0. The van der Waals surface area contributed by atoms with E-state index in [-0.39, 0.29) is 12.3 Å². The number of fused-ring (bicyclic) bond motifs is 24. The fraction of sp³-hybridized carbons (Fsp3) is 0.0800. The fourth-order valence-electron chi connectivity index (χ4n) is 9.87. The number of rotatable bonds is 0. The largest absolute Gasteiger partial charge is 0.352 e. The molecule has 8 bridgehead atoms. The van der Waals surface area contributed by atoms with Crippen LogP contribution in [-0.2, 0) is 7.05 Å². The van der Waals surface area contributed by atoms with Crippen LogP contribution < -0.4 is 21.3 Å². The molecule has 0 fully saturated rings. The summed E-state index contributed by atoms with van der Waals surface area (Å²) < 4.78 is 2.26. The highest BCUT2D eigenvalue weighted by atomic mass is 15.4. The molecular formula is C50H38N8. The van der Waals surface area contributed by atoms with Gasteiger partial charge in [-0.1, -0.05) is 97.1 Å². The molecule has 0 saturated heterocycles. The zero-order chi connectivity index (χ0) is 38.2. The third kappa shape index (κ3) is 4.49. The predicted octanol–water partition coefficient (Wildman–Crippen LogP) is 12.7. The van der Waals surface area contributed by atoms with E-state index in [1.54, 1.807) is 0 Å². The van der Waals surface area contributed by atoms with Gasteiger partial charge in [0.15, 0.2) is 0 Å². The van der Waals surface area contributed by atoms with Crippen molar-refractivity contribution in [3.05, 3.63) is 157 Å². The van der Waals surface area contributed by atoms with Crippen molar-refractivity contribution >= 4 is 110 Å². The smallest absolute Gasteiger partial charge is 0.120 e. The first-order valence-electron chi connectivity index (χ1n) is 19.9. The highest BCUT2D eigenvalue weighted by Gasteiger charge is 2.38. The van der Waals surface area contributed by atoms with E-state index >= 15 is 0 Å². The average Bonchev–Trinajstić information content (AvgIpc) is 3.92. The second-order valence-electron chi connectivity index (χ2n) is 16.1. The summed E-state index contributed by atoms with van der Waals surface area (Å²) in [4.78, 5) is 10.2. The van der Waals surface area contributed by atoms with Crippen LogP contribution in [0.25, 0.3) is 75.4 Å². The van der Waals surface area contributed by atoms with Crippen molar-refractivity contribution in [3.63, 3.8) is 0 Å². The minimum atomic E-state index is -0.139. The van der Waals surface area contributed by atoms with Crippen LogP contribution in [0.3, 0.4) is 0 Å². The van der Waals surface area contributed by atoms with Crippen LogP contribution in [0.1, 0.15) is 23.5 Å². The Morgan fingerprint density at radius 1 is 0.362 bits per heavy atom. The molecule has 6 N–H and O–H groups in total. The number of hydrogen-bond acceptors (Lipinski definition) is 5. The van der Waals surface area contributed by atoms with Gasteiger partial charge in [0.1, 0.15) is 47.2 Å². The van der Waals surface area contributed by atoms with Gasteiger partial charge < -0.3 is 35.8 Å². The van der Waals surface area contributed by atoms with Gasteiger partial charge in [-0.25, -0.2) is 0 Å². The molecule has 2 aliphatic rings. The van der Waals surface area contributed by atoms with Crippen LogP contribution in [0.15, 0.2) is 146 Å². The summed E-state index contributed by atoms with van der Waals surface area (Å²) in [6.45, 7) is 0. The number of anilines is 6. The number of aromatic amines is 2. The third-order valence-electron chi connectivity index (χ3n) is 12.8. The lowest BCUT2D eigenvalue weighted by Crippen LogP contribution is -2.31. The van der Waals surface area contributed by atoms with Gasteiger partial charge in [0.05, 0.1) is 0 Å². The molecule has 3 aromatic heterocycles. The minimum Gasteiger partial charge on any atom is -0.352 e. The van der Waals surface area contributed by atoms with Crippen molar-refractivity contribution in [2.45, 2.75) is 12.3 Å². The average molecular weight is 751 g/mol. The molecule has 278 valence electrons. The molecule has 2 unspecified atom stereocenters. The van der Waals surface area contributed by atoms with E-state index in [4.69, 9.17) is 0 Å². The Kier molecular flexibility index (Phi) is 6.33. The molecular weight excluding hydrogens is 713 g/mol. The quantitative estimate of drug-likeness (QED) is 0.0929. The zero-order valence-corrected chi connectivity index (χ0v) is 31.9. The van der Waals surface area contributed by atoms with E-state index in [2.05, 4.69) is 200 Å². The van der Waals surface area contributed by atoms with Gasteiger partial charge in [-0.2, -0.15) is 0 Å². The lowest BCUT2D eigenvalue weighted by molar-refractivity contribution is 0.245. The first kappa shape index (κ1) is 31.7. The van der Waals surface area contributed by atoms with E-state index in [0.717, 1.165) is 67.2 Å². The molecule has 0 amide bonds. The highest BCUT2D eigenvalue weighted by molar-refractivity contribution is 6.15. The van der Waals surface area contributed by atoms with Crippen molar-refractivity contribution in [2.75, 3.05) is 28.3 Å². The van der Waals surface area contributed by atoms with Gasteiger partial charge in [-0.15, -0.1) is 0 Å². The summed E-state index contributed by atoms with van der Waals surface area (Å²) in [5.41, 5.74) is 2.48. The molecule has 8 nitrogen and oxygen atoms in total. The van der Waals surface area contributed by atoms with Crippen LogP contribution >= 0.6 is 0 Å². The molecule has 2 aliphatic heterocycles. The fourth-order valence-corrected chi connectivity index (χ4v) is 9.87. The van der Waals surface area contributed by atoms with E-state index in [1.165, 1.54) is 54.2 Å².